The number of aromatic hydroxyl groups is 1. The second kappa shape index (κ2) is 3.85. The number of aromatic amines is 1. The highest BCUT2D eigenvalue weighted by molar-refractivity contribution is 5.86. The molecule has 0 amide bonds. The molecule has 0 atom stereocenters. The van der Waals surface area contributed by atoms with Crippen LogP contribution in [0.2, 0.25) is 0 Å². The van der Waals surface area contributed by atoms with E-state index < -0.39 is 0 Å². The molecule has 1 aromatic heterocycles. The van der Waals surface area contributed by atoms with Gasteiger partial charge < -0.3 is 10.1 Å². The number of rotatable bonds is 0. The summed E-state index contributed by atoms with van der Waals surface area (Å²) >= 11 is 0. The van der Waals surface area contributed by atoms with Gasteiger partial charge in [0, 0.05) is 16.6 Å². The van der Waals surface area contributed by atoms with Gasteiger partial charge in [0.2, 0.25) is 0 Å². The molecule has 2 nitrogen and oxygen atoms in total. The molecule has 0 aliphatic heterocycles. The lowest BCUT2D eigenvalue weighted by atomic mass is 9.97. The van der Waals surface area contributed by atoms with Crippen LogP contribution in [0.1, 0.15) is 36.9 Å². The number of phenolic OH excluding ortho intramolecular Hbond substituents is 1. The number of phenols is 1. The first-order valence-electron chi connectivity index (χ1n) is 6.17. The largest absolute Gasteiger partial charge is 0.508 e. The Morgan fingerprint density at radius 1 is 1.00 bits per heavy atom. The first kappa shape index (κ1) is 9.76. The van der Waals surface area contributed by atoms with Gasteiger partial charge in [0.1, 0.15) is 5.75 Å². The van der Waals surface area contributed by atoms with Crippen LogP contribution in [0, 0.1) is 0 Å². The van der Waals surface area contributed by atoms with Gasteiger partial charge in [-0.3, -0.25) is 0 Å². The van der Waals surface area contributed by atoms with Gasteiger partial charge in [0.05, 0.1) is 0 Å². The molecule has 2 N–H and O–H groups in total. The average molecular weight is 215 g/mol. The summed E-state index contributed by atoms with van der Waals surface area (Å²) in [5.41, 5.74) is 4.00. The third-order valence-corrected chi connectivity index (χ3v) is 3.58. The van der Waals surface area contributed by atoms with E-state index in [0.29, 0.717) is 5.75 Å². The molecule has 2 aromatic rings. The Balaban J connectivity index is 2.17. The lowest BCUT2D eigenvalue weighted by Crippen LogP contribution is -1.97. The topological polar surface area (TPSA) is 36.0 Å². The van der Waals surface area contributed by atoms with E-state index in [1.165, 1.54) is 47.8 Å². The molecule has 0 bridgehead atoms. The van der Waals surface area contributed by atoms with Gasteiger partial charge in [-0.15, -0.1) is 0 Å². The zero-order valence-corrected chi connectivity index (χ0v) is 9.42. The summed E-state index contributed by atoms with van der Waals surface area (Å²) in [5, 5.41) is 10.8. The number of nitrogens with one attached hydrogen (secondary N) is 1. The highest BCUT2D eigenvalue weighted by atomic mass is 16.3. The fourth-order valence-electron chi connectivity index (χ4n) is 2.75. The van der Waals surface area contributed by atoms with Crippen LogP contribution in [0.25, 0.3) is 10.9 Å². The molecule has 1 aliphatic rings. The number of hydrogen-bond acceptors (Lipinski definition) is 1. The number of aromatic nitrogens is 1. The Kier molecular flexibility index (Phi) is 2.35. The van der Waals surface area contributed by atoms with E-state index in [1.807, 2.05) is 12.1 Å². The first-order valence-corrected chi connectivity index (χ1v) is 6.17. The minimum absolute atomic E-state index is 0.372. The summed E-state index contributed by atoms with van der Waals surface area (Å²) in [5.74, 6) is 0.372. The minimum atomic E-state index is 0.372. The van der Waals surface area contributed by atoms with Crippen LogP contribution in [0.5, 0.6) is 5.75 Å². The molecule has 1 aromatic carbocycles. The predicted octanol–water partition coefficient (Wildman–Crippen LogP) is 3.53. The SMILES string of the molecule is Oc1ccc2[nH]c3c(c2c1)CCCCCC3. The summed E-state index contributed by atoms with van der Waals surface area (Å²) in [6.45, 7) is 0. The zero-order chi connectivity index (χ0) is 11.0. The Hall–Kier alpha value is -1.44. The fraction of sp³-hybridized carbons (Fsp3) is 0.429. The molecular formula is C14H17NO. The molecule has 3 rings (SSSR count). The van der Waals surface area contributed by atoms with Crippen LogP contribution in [0.15, 0.2) is 18.2 Å². The summed E-state index contributed by atoms with van der Waals surface area (Å²) in [7, 11) is 0. The van der Waals surface area contributed by atoms with Gasteiger partial charge in [-0.1, -0.05) is 12.8 Å². The molecule has 0 unspecified atom stereocenters. The average Bonchev–Trinajstić information content (AvgIpc) is 2.55. The summed E-state index contributed by atoms with van der Waals surface area (Å²) in [4.78, 5) is 3.50. The van der Waals surface area contributed by atoms with Crippen LogP contribution >= 0.6 is 0 Å². The molecule has 0 radical (unpaired) electrons. The third kappa shape index (κ3) is 1.58. The standard InChI is InChI=1S/C14H17NO/c16-10-7-8-14-12(9-10)11-5-3-1-2-4-6-13(11)15-14/h7-9,15-16H,1-6H2. The maximum Gasteiger partial charge on any atom is 0.116 e. The third-order valence-electron chi connectivity index (χ3n) is 3.58. The molecule has 0 spiro atoms. The van der Waals surface area contributed by atoms with Crippen molar-refractivity contribution in [1.29, 1.82) is 0 Å². The second-order valence-corrected chi connectivity index (χ2v) is 4.73. The van der Waals surface area contributed by atoms with Crippen LogP contribution in [0.3, 0.4) is 0 Å². The molecule has 0 saturated carbocycles. The van der Waals surface area contributed by atoms with Gasteiger partial charge >= 0.3 is 0 Å². The van der Waals surface area contributed by atoms with E-state index in [4.69, 9.17) is 0 Å². The van der Waals surface area contributed by atoms with Crippen molar-refractivity contribution >= 4 is 10.9 Å². The van der Waals surface area contributed by atoms with E-state index in [2.05, 4.69) is 4.98 Å². The van der Waals surface area contributed by atoms with E-state index >= 15 is 0 Å². The van der Waals surface area contributed by atoms with E-state index in [1.54, 1.807) is 6.07 Å². The molecule has 2 heteroatoms. The summed E-state index contributed by atoms with van der Waals surface area (Å²) in [6.07, 6.45) is 7.55. The number of hydrogen-bond donors (Lipinski definition) is 2. The first-order chi connectivity index (χ1) is 7.84. The quantitative estimate of drug-likeness (QED) is 0.693. The van der Waals surface area contributed by atoms with Crippen molar-refractivity contribution in [2.45, 2.75) is 38.5 Å². The normalized spacial score (nSPS) is 16.8. The lowest BCUT2D eigenvalue weighted by Gasteiger charge is -2.09. The number of aryl methyl sites for hydroxylation is 2. The number of fused-ring (bicyclic) bond motifs is 3. The van der Waals surface area contributed by atoms with Gasteiger partial charge in [0.25, 0.3) is 0 Å². The smallest absolute Gasteiger partial charge is 0.116 e. The monoisotopic (exact) mass is 215 g/mol. The lowest BCUT2D eigenvalue weighted by molar-refractivity contribution is 0.476. The van der Waals surface area contributed by atoms with Gasteiger partial charge in [-0.25, -0.2) is 0 Å². The van der Waals surface area contributed by atoms with Crippen molar-refractivity contribution in [3.63, 3.8) is 0 Å². The summed E-state index contributed by atoms with van der Waals surface area (Å²) in [6, 6.07) is 5.63. The molecular weight excluding hydrogens is 198 g/mol. The number of benzene rings is 1. The van der Waals surface area contributed by atoms with Gasteiger partial charge in [-0.2, -0.15) is 0 Å². The van der Waals surface area contributed by atoms with Gasteiger partial charge in [-0.05, 0) is 49.4 Å². The fourth-order valence-corrected chi connectivity index (χ4v) is 2.75. The zero-order valence-electron chi connectivity index (χ0n) is 9.42. The predicted molar refractivity (Wildman–Crippen MR) is 65.8 cm³/mol. The Morgan fingerprint density at radius 2 is 1.81 bits per heavy atom. The highest BCUT2D eigenvalue weighted by Gasteiger charge is 2.13. The second-order valence-electron chi connectivity index (χ2n) is 4.73. The maximum atomic E-state index is 9.56. The number of H-pyrrole nitrogens is 1. The molecule has 84 valence electrons. The van der Waals surface area contributed by atoms with E-state index in [0.717, 1.165) is 12.8 Å². The van der Waals surface area contributed by atoms with Crippen molar-refractivity contribution in [1.82, 2.24) is 4.98 Å². The maximum absolute atomic E-state index is 9.56. The minimum Gasteiger partial charge on any atom is -0.508 e. The van der Waals surface area contributed by atoms with Crippen molar-refractivity contribution in [3.05, 3.63) is 29.5 Å². The van der Waals surface area contributed by atoms with Crippen molar-refractivity contribution < 1.29 is 5.11 Å². The van der Waals surface area contributed by atoms with Crippen LogP contribution in [-0.2, 0) is 12.8 Å². The van der Waals surface area contributed by atoms with E-state index in [-0.39, 0.29) is 0 Å². The molecule has 1 aliphatic carbocycles. The highest BCUT2D eigenvalue weighted by Crippen LogP contribution is 2.29. The van der Waals surface area contributed by atoms with Crippen LogP contribution in [-0.4, -0.2) is 10.1 Å². The molecule has 0 fully saturated rings. The van der Waals surface area contributed by atoms with E-state index in [9.17, 15) is 5.11 Å². The molecule has 0 saturated heterocycles. The van der Waals surface area contributed by atoms with Crippen molar-refractivity contribution in [2.24, 2.45) is 0 Å². The van der Waals surface area contributed by atoms with Crippen LogP contribution in [0.4, 0.5) is 0 Å². The van der Waals surface area contributed by atoms with Crippen molar-refractivity contribution in [3.8, 4) is 5.75 Å². The van der Waals surface area contributed by atoms with Gasteiger partial charge in [0.15, 0.2) is 0 Å². The van der Waals surface area contributed by atoms with Crippen LogP contribution < -0.4 is 0 Å². The molecule has 1 heterocycles. The Bertz CT molecular complexity index is 513. The van der Waals surface area contributed by atoms with Crippen molar-refractivity contribution in [2.75, 3.05) is 0 Å². The Morgan fingerprint density at radius 3 is 2.69 bits per heavy atom. The molecule has 16 heavy (non-hydrogen) atoms. The summed E-state index contributed by atoms with van der Waals surface area (Å²) < 4.78 is 0. The Labute approximate surface area is 95.3 Å².